The highest BCUT2D eigenvalue weighted by Gasteiger charge is 2.62. The lowest BCUT2D eigenvalue weighted by Gasteiger charge is -2.62. The molecule has 0 aromatic carbocycles. The fourth-order valence-electron chi connectivity index (χ4n) is 10.1. The van der Waals surface area contributed by atoms with E-state index in [0.717, 1.165) is 56.6 Å². The molecule has 1 aromatic rings. The van der Waals surface area contributed by atoms with Crippen molar-refractivity contribution >= 4 is 22.4 Å². The first-order valence-electron chi connectivity index (χ1n) is 15.3. The third-order valence-corrected chi connectivity index (χ3v) is 13.1. The van der Waals surface area contributed by atoms with Gasteiger partial charge >= 0.3 is 0 Å². The molecule has 5 fully saturated rings. The summed E-state index contributed by atoms with van der Waals surface area (Å²) in [4.78, 5) is 12.8. The van der Waals surface area contributed by atoms with Crippen LogP contribution in [0.25, 0.3) is 0 Å². The number of rotatable bonds is 6. The van der Waals surface area contributed by atoms with Crippen molar-refractivity contribution in [2.45, 2.75) is 116 Å². The van der Waals surface area contributed by atoms with E-state index in [-0.39, 0.29) is 35.0 Å². The minimum Gasteiger partial charge on any atom is -0.393 e. The summed E-state index contributed by atoms with van der Waals surface area (Å²) < 4.78 is 5.69. The summed E-state index contributed by atoms with van der Waals surface area (Å²) in [7, 11) is 0. The highest BCUT2D eigenvalue weighted by atomic mass is 32.1. The van der Waals surface area contributed by atoms with Gasteiger partial charge in [-0.05, 0) is 117 Å². The summed E-state index contributed by atoms with van der Waals surface area (Å²) in [5, 5.41) is 34.6. The molecule has 0 unspecified atom stereocenters. The first kappa shape index (κ1) is 27.1. The second-order valence-corrected chi connectivity index (χ2v) is 15.0. The second kappa shape index (κ2) is 10.4. The smallest absolute Gasteiger partial charge is 0.226 e. The number of hydrogen-bond donors (Lipinski definition) is 3. The second-order valence-electron chi connectivity index (χ2n) is 14.0. The maximum absolute atomic E-state index is 12.8. The van der Waals surface area contributed by atoms with Gasteiger partial charge in [-0.3, -0.25) is 4.79 Å². The predicted octanol–water partition coefficient (Wildman–Crippen LogP) is 5.74. The molecule has 212 valence electrons. The van der Waals surface area contributed by atoms with E-state index >= 15 is 0 Å². The Hall–Kier alpha value is -1.09. The van der Waals surface area contributed by atoms with Crippen LogP contribution in [0.15, 0.2) is 0 Å². The maximum Gasteiger partial charge on any atom is 0.226 e. The van der Waals surface area contributed by atoms with E-state index in [1.807, 2.05) is 0 Å². The first-order chi connectivity index (χ1) is 18.2. The molecule has 1 aromatic heterocycles. The highest BCUT2D eigenvalue weighted by molar-refractivity contribution is 7.15. The topological polar surface area (TPSA) is 105 Å². The molecule has 38 heavy (non-hydrogen) atoms. The third-order valence-electron chi connectivity index (χ3n) is 12.1. The Morgan fingerprint density at radius 3 is 2.66 bits per heavy atom. The molecule has 1 saturated heterocycles. The molecule has 11 atom stereocenters. The van der Waals surface area contributed by atoms with Gasteiger partial charge < -0.3 is 20.3 Å². The van der Waals surface area contributed by atoms with Crippen molar-refractivity contribution in [3.63, 3.8) is 0 Å². The van der Waals surface area contributed by atoms with E-state index in [4.69, 9.17) is 4.74 Å². The van der Waals surface area contributed by atoms with Crippen molar-refractivity contribution in [1.29, 1.82) is 0 Å². The standard InChI is InChI=1S/C30H47N3O4S/c1-17(6-9-25(36)31-28-33-32-27(38-28)24-5-4-14-37-24)20-7-8-21-26-22(11-13-30(20,21)3)29(2)12-10-19(34)15-18(29)16-23(26)35/h17-24,26,34-35H,4-16H2,1-3H3,(H,31,33,36)/t17-,18-,19-,20+,21-,22-,23+,24-,26+,29+,30-/m1/s1. The normalized spacial score (nSPS) is 45.2. The molecule has 3 N–H and O–H groups in total. The lowest BCUT2D eigenvalue weighted by atomic mass is 9.43. The number of anilines is 1. The van der Waals surface area contributed by atoms with Gasteiger partial charge in [0.25, 0.3) is 0 Å². The molecule has 4 saturated carbocycles. The molecule has 8 heteroatoms. The van der Waals surface area contributed by atoms with Gasteiger partial charge in [-0.1, -0.05) is 32.1 Å². The summed E-state index contributed by atoms with van der Waals surface area (Å²) >= 11 is 1.43. The Balaban J connectivity index is 1.07. The molecule has 1 amide bonds. The van der Waals surface area contributed by atoms with Gasteiger partial charge in [0.1, 0.15) is 11.1 Å². The van der Waals surface area contributed by atoms with Crippen LogP contribution in [-0.4, -0.2) is 45.1 Å². The van der Waals surface area contributed by atoms with E-state index in [2.05, 4.69) is 36.3 Å². The van der Waals surface area contributed by atoms with Crippen LogP contribution >= 0.6 is 11.3 Å². The predicted molar refractivity (Wildman–Crippen MR) is 147 cm³/mol. The van der Waals surface area contributed by atoms with Gasteiger partial charge in [-0.25, -0.2) is 0 Å². The highest BCUT2D eigenvalue weighted by Crippen LogP contribution is 2.68. The monoisotopic (exact) mass is 545 g/mol. The van der Waals surface area contributed by atoms with E-state index in [1.54, 1.807) is 0 Å². The average Bonchev–Trinajstić information content (AvgIpc) is 3.63. The van der Waals surface area contributed by atoms with Crippen LogP contribution in [0, 0.1) is 46.3 Å². The van der Waals surface area contributed by atoms with Crippen LogP contribution in [0.5, 0.6) is 0 Å². The summed E-state index contributed by atoms with van der Waals surface area (Å²) in [5.41, 5.74) is 0.505. The number of nitrogens with one attached hydrogen (secondary N) is 1. The first-order valence-corrected chi connectivity index (χ1v) is 16.1. The molecule has 0 bridgehead atoms. The number of carbonyl (C=O) groups is 1. The van der Waals surface area contributed by atoms with Gasteiger partial charge in [0.15, 0.2) is 0 Å². The van der Waals surface area contributed by atoms with E-state index < -0.39 is 0 Å². The van der Waals surface area contributed by atoms with Gasteiger partial charge in [0, 0.05) is 13.0 Å². The largest absolute Gasteiger partial charge is 0.393 e. The van der Waals surface area contributed by atoms with E-state index in [9.17, 15) is 15.0 Å². The van der Waals surface area contributed by atoms with E-state index in [0.29, 0.717) is 47.1 Å². The zero-order valence-electron chi connectivity index (χ0n) is 23.4. The summed E-state index contributed by atoms with van der Waals surface area (Å²) in [5.74, 6) is 3.08. The van der Waals surface area contributed by atoms with Gasteiger partial charge in [-0.15, -0.1) is 10.2 Å². The van der Waals surface area contributed by atoms with Crippen LogP contribution in [0.3, 0.4) is 0 Å². The lowest BCUT2D eigenvalue weighted by Crippen LogP contribution is -2.58. The average molecular weight is 546 g/mol. The van der Waals surface area contributed by atoms with Crippen LogP contribution < -0.4 is 5.32 Å². The van der Waals surface area contributed by atoms with Crippen LogP contribution in [0.4, 0.5) is 5.13 Å². The Kier molecular flexibility index (Phi) is 7.41. The van der Waals surface area contributed by atoms with Crippen molar-refractivity contribution in [3.8, 4) is 0 Å². The molecular weight excluding hydrogens is 498 g/mol. The zero-order chi connectivity index (χ0) is 26.7. The molecule has 5 aliphatic rings. The maximum atomic E-state index is 12.8. The molecule has 0 spiro atoms. The number of ether oxygens (including phenoxy) is 1. The quantitative estimate of drug-likeness (QED) is 0.421. The Labute approximate surface area is 231 Å². The van der Waals surface area contributed by atoms with Crippen molar-refractivity contribution in [1.82, 2.24) is 10.2 Å². The lowest BCUT2D eigenvalue weighted by molar-refractivity contribution is -0.174. The molecule has 2 heterocycles. The van der Waals surface area contributed by atoms with Gasteiger partial charge in [0.2, 0.25) is 11.0 Å². The number of aliphatic hydroxyl groups is 2. The summed E-state index contributed by atoms with van der Waals surface area (Å²) in [6, 6.07) is 0. The summed E-state index contributed by atoms with van der Waals surface area (Å²) in [6.07, 6.45) is 11.6. The van der Waals surface area contributed by atoms with Crippen molar-refractivity contribution in [2.24, 2.45) is 46.3 Å². The minimum atomic E-state index is -0.237. The number of carbonyl (C=O) groups excluding carboxylic acids is 1. The van der Waals surface area contributed by atoms with Crippen LogP contribution in [-0.2, 0) is 9.53 Å². The number of nitrogens with zero attached hydrogens (tertiary/aromatic N) is 2. The molecule has 4 aliphatic carbocycles. The van der Waals surface area contributed by atoms with Crippen LogP contribution in [0.1, 0.15) is 109 Å². The fraction of sp³-hybridized carbons (Fsp3) is 0.900. The molecule has 6 rings (SSSR count). The van der Waals surface area contributed by atoms with Gasteiger partial charge in [-0.2, -0.15) is 0 Å². The number of amides is 1. The van der Waals surface area contributed by atoms with Crippen molar-refractivity contribution < 1.29 is 19.7 Å². The Morgan fingerprint density at radius 2 is 1.87 bits per heavy atom. The zero-order valence-corrected chi connectivity index (χ0v) is 24.2. The number of hydrogen-bond acceptors (Lipinski definition) is 7. The summed E-state index contributed by atoms with van der Waals surface area (Å²) in [6.45, 7) is 8.09. The fourth-order valence-corrected chi connectivity index (χ4v) is 10.9. The number of fused-ring (bicyclic) bond motifs is 5. The Morgan fingerprint density at radius 1 is 1.08 bits per heavy atom. The van der Waals surface area contributed by atoms with Gasteiger partial charge in [0.05, 0.1) is 12.2 Å². The SMILES string of the molecule is C[C@H](CCC(=O)Nc1nnc([C@H]2CCCO2)s1)[C@@H]1CC[C@@H]2[C@H]3[C@@H](CC[C@@]21C)[C@@]1(C)CC[C@@H](O)C[C@@H]1C[C@@H]3O. The molecule has 7 nitrogen and oxygen atoms in total. The van der Waals surface area contributed by atoms with E-state index in [1.165, 1.54) is 37.0 Å². The van der Waals surface area contributed by atoms with Crippen molar-refractivity contribution in [2.75, 3.05) is 11.9 Å². The molecule has 1 aliphatic heterocycles. The molecular formula is C30H47N3O4S. The molecule has 0 radical (unpaired) electrons. The van der Waals surface area contributed by atoms with Crippen LogP contribution in [0.2, 0.25) is 0 Å². The third kappa shape index (κ3) is 4.65. The minimum absolute atomic E-state index is 0.0245. The Bertz CT molecular complexity index is 1010. The number of aliphatic hydroxyl groups excluding tert-OH is 2. The van der Waals surface area contributed by atoms with Crippen molar-refractivity contribution in [3.05, 3.63) is 5.01 Å². The number of aromatic nitrogens is 2.